The first-order valence-electron chi connectivity index (χ1n) is 12.8. The third-order valence-electron chi connectivity index (χ3n) is 8.64. The van der Waals surface area contributed by atoms with Crippen LogP contribution >= 0.6 is 0 Å². The van der Waals surface area contributed by atoms with Crippen LogP contribution in [-0.2, 0) is 0 Å². The van der Waals surface area contributed by atoms with Crippen molar-refractivity contribution in [2.24, 2.45) is 5.41 Å². The van der Waals surface area contributed by atoms with Gasteiger partial charge in [-0.3, -0.25) is 14.5 Å². The predicted octanol–water partition coefficient (Wildman–Crippen LogP) is 5.19. The molecule has 3 aromatic carbocycles. The first-order valence-corrected chi connectivity index (χ1v) is 12.8. The Bertz CT molecular complexity index is 1220. The maximum atomic E-state index is 14.5. The van der Waals surface area contributed by atoms with Gasteiger partial charge in [0.25, 0.3) is 0 Å². The highest BCUT2D eigenvalue weighted by Crippen LogP contribution is 2.65. The Labute approximate surface area is 213 Å². The minimum absolute atomic E-state index is 0.0131. The van der Waals surface area contributed by atoms with Crippen molar-refractivity contribution in [2.45, 2.75) is 30.8 Å². The second kappa shape index (κ2) is 8.31. The van der Waals surface area contributed by atoms with E-state index in [0.717, 1.165) is 41.9 Å². The number of rotatable bonds is 4. The Morgan fingerprint density at radius 2 is 1.22 bits per heavy atom. The third kappa shape index (κ3) is 3.05. The summed E-state index contributed by atoms with van der Waals surface area (Å²) >= 11 is 0. The van der Waals surface area contributed by atoms with Gasteiger partial charge in [0.2, 0.25) is 0 Å². The number of ketones is 2. The van der Waals surface area contributed by atoms with Crippen LogP contribution in [0.25, 0.3) is 0 Å². The van der Waals surface area contributed by atoms with Crippen LogP contribution in [0, 0.1) is 5.41 Å². The van der Waals surface area contributed by atoms with E-state index in [1.165, 1.54) is 0 Å². The molecule has 1 spiro atoms. The molecule has 0 unspecified atom stereocenters. The molecule has 0 radical (unpaired) electrons. The fraction of sp³-hybridized carbons (Fsp3) is 0.355. The van der Waals surface area contributed by atoms with E-state index >= 15 is 0 Å². The van der Waals surface area contributed by atoms with Crippen LogP contribution in [0.4, 0.5) is 11.4 Å². The Morgan fingerprint density at radius 1 is 0.722 bits per heavy atom. The van der Waals surface area contributed by atoms with Crippen LogP contribution in [0.5, 0.6) is 0 Å². The molecule has 3 aromatic rings. The Balaban J connectivity index is 1.58. The van der Waals surface area contributed by atoms with E-state index in [2.05, 4.69) is 63.2 Å². The first kappa shape index (κ1) is 23.0. The van der Waals surface area contributed by atoms with Gasteiger partial charge in [0.05, 0.1) is 6.04 Å². The standard InChI is InChI=1S/C31H33N3O2/c1-32(2)22-15-11-20(12-16-22)27-26-10-7-19-34(26)28(21-13-17-23(18-14-21)33(3)4)31(27)29(35)24-8-5-6-9-25(24)30(31)36/h5-6,8-9,11-18,26-28H,7,10,19H2,1-4H3/t26-,27-,28-/m0/s1. The quantitative estimate of drug-likeness (QED) is 0.482. The first-order chi connectivity index (χ1) is 17.4. The molecule has 5 nitrogen and oxygen atoms in total. The van der Waals surface area contributed by atoms with E-state index in [9.17, 15) is 9.59 Å². The van der Waals surface area contributed by atoms with Crippen molar-refractivity contribution in [1.29, 1.82) is 0 Å². The van der Waals surface area contributed by atoms with Gasteiger partial charge in [0.15, 0.2) is 11.6 Å². The normalized spacial score (nSPS) is 24.3. The molecule has 6 rings (SSSR count). The number of fused-ring (bicyclic) bond motifs is 2. The Hall–Kier alpha value is -3.44. The van der Waals surface area contributed by atoms with Crippen LogP contribution in [0.15, 0.2) is 72.8 Å². The second-order valence-corrected chi connectivity index (χ2v) is 10.9. The van der Waals surface area contributed by atoms with E-state index in [4.69, 9.17) is 0 Å². The topological polar surface area (TPSA) is 43.9 Å². The zero-order valence-corrected chi connectivity index (χ0v) is 21.4. The van der Waals surface area contributed by atoms with Crippen molar-refractivity contribution in [3.05, 3.63) is 95.1 Å². The highest BCUT2D eigenvalue weighted by molar-refractivity contribution is 6.31. The van der Waals surface area contributed by atoms with Crippen LogP contribution in [0.3, 0.4) is 0 Å². The van der Waals surface area contributed by atoms with Crippen LogP contribution in [-0.4, -0.2) is 57.2 Å². The number of nitrogens with zero attached hydrogens (tertiary/aromatic N) is 3. The van der Waals surface area contributed by atoms with Gasteiger partial charge in [-0.2, -0.15) is 0 Å². The predicted molar refractivity (Wildman–Crippen MR) is 144 cm³/mol. The van der Waals surface area contributed by atoms with Gasteiger partial charge in [0, 0.05) is 62.7 Å². The van der Waals surface area contributed by atoms with Crippen LogP contribution in [0.1, 0.15) is 56.6 Å². The monoisotopic (exact) mass is 479 g/mol. The van der Waals surface area contributed by atoms with Crippen molar-refractivity contribution < 1.29 is 9.59 Å². The maximum absolute atomic E-state index is 14.5. The summed E-state index contributed by atoms with van der Waals surface area (Å²) in [4.78, 5) is 35.7. The third-order valence-corrected chi connectivity index (χ3v) is 8.64. The molecule has 3 aliphatic rings. The lowest BCUT2D eigenvalue weighted by atomic mass is 9.63. The van der Waals surface area contributed by atoms with Gasteiger partial charge in [-0.15, -0.1) is 0 Å². The van der Waals surface area contributed by atoms with Gasteiger partial charge in [-0.05, 0) is 54.8 Å². The molecule has 5 heteroatoms. The average Bonchev–Trinajstić information content (AvgIpc) is 3.52. The minimum atomic E-state index is -1.16. The summed E-state index contributed by atoms with van der Waals surface area (Å²) in [6.45, 7) is 0.899. The molecule has 2 fully saturated rings. The zero-order valence-electron chi connectivity index (χ0n) is 21.4. The fourth-order valence-electron chi connectivity index (χ4n) is 7.06. The van der Waals surface area contributed by atoms with E-state index in [0.29, 0.717) is 11.1 Å². The summed E-state index contributed by atoms with van der Waals surface area (Å²) in [5.41, 5.74) is 4.34. The van der Waals surface area contributed by atoms with Gasteiger partial charge < -0.3 is 9.80 Å². The molecule has 184 valence electrons. The fourth-order valence-corrected chi connectivity index (χ4v) is 7.06. The van der Waals surface area contributed by atoms with Gasteiger partial charge in [-0.25, -0.2) is 0 Å². The highest BCUT2D eigenvalue weighted by atomic mass is 16.2. The van der Waals surface area contributed by atoms with Crippen LogP contribution in [0.2, 0.25) is 0 Å². The molecule has 36 heavy (non-hydrogen) atoms. The summed E-state index contributed by atoms with van der Waals surface area (Å²) in [5.74, 6) is -0.219. The molecule has 2 heterocycles. The van der Waals surface area contributed by atoms with E-state index in [1.54, 1.807) is 0 Å². The molecule has 1 aliphatic carbocycles. The molecular formula is C31H33N3O2. The number of Topliss-reactive ketones (excluding diaryl/α,β-unsaturated/α-hetero) is 2. The number of benzene rings is 3. The molecule has 0 saturated carbocycles. The summed E-state index contributed by atoms with van der Waals surface area (Å²) < 4.78 is 0. The summed E-state index contributed by atoms with van der Waals surface area (Å²) in [6, 6.07) is 24.2. The minimum Gasteiger partial charge on any atom is -0.378 e. The molecule has 0 aromatic heterocycles. The highest BCUT2D eigenvalue weighted by Gasteiger charge is 2.70. The number of hydrogen-bond donors (Lipinski definition) is 0. The zero-order chi connectivity index (χ0) is 25.2. The van der Waals surface area contributed by atoms with Gasteiger partial charge in [-0.1, -0.05) is 48.5 Å². The average molecular weight is 480 g/mol. The Morgan fingerprint density at radius 3 is 1.72 bits per heavy atom. The molecular weight excluding hydrogens is 446 g/mol. The van der Waals surface area contributed by atoms with Crippen molar-refractivity contribution in [3.63, 3.8) is 0 Å². The molecule has 2 saturated heterocycles. The molecule has 2 aliphatic heterocycles. The lowest BCUT2D eigenvalue weighted by Gasteiger charge is -2.36. The number of carbonyl (C=O) groups is 2. The second-order valence-electron chi connectivity index (χ2n) is 10.9. The number of hydrogen-bond acceptors (Lipinski definition) is 5. The summed E-state index contributed by atoms with van der Waals surface area (Å²) in [5, 5.41) is 0. The van der Waals surface area contributed by atoms with Crippen molar-refractivity contribution in [1.82, 2.24) is 4.90 Å². The van der Waals surface area contributed by atoms with Gasteiger partial charge >= 0.3 is 0 Å². The lowest BCUT2D eigenvalue weighted by Crippen LogP contribution is -2.43. The summed E-state index contributed by atoms with van der Waals surface area (Å²) in [7, 11) is 8.10. The number of anilines is 2. The lowest BCUT2D eigenvalue weighted by molar-refractivity contribution is 0.0595. The van der Waals surface area contributed by atoms with Crippen LogP contribution < -0.4 is 9.80 Å². The van der Waals surface area contributed by atoms with E-state index < -0.39 is 5.41 Å². The van der Waals surface area contributed by atoms with E-state index in [-0.39, 0.29) is 29.6 Å². The van der Waals surface area contributed by atoms with Gasteiger partial charge in [0.1, 0.15) is 5.41 Å². The molecule has 0 N–H and O–H groups in total. The van der Waals surface area contributed by atoms with Crippen molar-refractivity contribution >= 4 is 22.9 Å². The van der Waals surface area contributed by atoms with E-state index in [1.807, 2.05) is 52.5 Å². The Kier molecular flexibility index (Phi) is 5.31. The maximum Gasteiger partial charge on any atom is 0.180 e. The SMILES string of the molecule is CN(C)c1ccc([C@@H]2N3CCC[C@H]3[C@H](c3ccc(N(C)C)cc3)C23C(=O)c2ccccc2C3=O)cc1. The van der Waals surface area contributed by atoms with Crippen molar-refractivity contribution in [3.8, 4) is 0 Å². The smallest absolute Gasteiger partial charge is 0.180 e. The number of carbonyl (C=O) groups excluding carboxylic acids is 2. The van der Waals surface area contributed by atoms with Crippen molar-refractivity contribution in [2.75, 3.05) is 44.5 Å². The summed E-state index contributed by atoms with van der Waals surface area (Å²) in [6.07, 6.45) is 2.07. The largest absolute Gasteiger partial charge is 0.378 e. The molecule has 3 atom stereocenters. The molecule has 0 bridgehead atoms. The molecule has 0 amide bonds.